The lowest BCUT2D eigenvalue weighted by Crippen LogP contribution is -2.46. The monoisotopic (exact) mass is 394 g/mol. The molecule has 0 aliphatic carbocycles. The Balaban J connectivity index is 1.70. The second-order valence-corrected chi connectivity index (χ2v) is 9.69. The van der Waals surface area contributed by atoms with Crippen molar-refractivity contribution in [2.75, 3.05) is 26.2 Å². The van der Waals surface area contributed by atoms with Crippen LogP contribution in [0.15, 0.2) is 17.0 Å². The fourth-order valence-corrected chi connectivity index (χ4v) is 6.18. The van der Waals surface area contributed by atoms with Gasteiger partial charge in [0.2, 0.25) is 15.9 Å². The molecule has 6 nitrogen and oxygen atoms in total. The molecule has 1 N–H and O–H groups in total. The number of nitrogens with zero attached hydrogens (tertiary/aromatic N) is 1. The van der Waals surface area contributed by atoms with Crippen molar-refractivity contribution in [3.8, 4) is 0 Å². The summed E-state index contributed by atoms with van der Waals surface area (Å²) in [4.78, 5) is 12.9. The number of sulfonamides is 1. The van der Waals surface area contributed by atoms with Gasteiger partial charge in [-0.25, -0.2) is 8.42 Å². The highest BCUT2D eigenvalue weighted by Gasteiger charge is 2.35. The van der Waals surface area contributed by atoms with Crippen molar-refractivity contribution in [2.45, 2.75) is 57.5 Å². The van der Waals surface area contributed by atoms with Crippen LogP contribution >= 0.6 is 0 Å². The number of rotatable bonds is 5. The molecule has 27 heavy (non-hydrogen) atoms. The Bertz CT molecular complexity index is 777. The van der Waals surface area contributed by atoms with Gasteiger partial charge in [0.1, 0.15) is 0 Å². The van der Waals surface area contributed by atoms with Crippen LogP contribution in [0.5, 0.6) is 0 Å². The van der Waals surface area contributed by atoms with Gasteiger partial charge in [-0.2, -0.15) is 4.31 Å². The molecule has 0 aromatic heterocycles. The molecule has 2 fully saturated rings. The Morgan fingerprint density at radius 2 is 1.89 bits per heavy atom. The first-order chi connectivity index (χ1) is 12.8. The molecule has 0 bridgehead atoms. The van der Waals surface area contributed by atoms with Crippen molar-refractivity contribution in [1.82, 2.24) is 9.62 Å². The molecule has 2 aliphatic heterocycles. The Labute approximate surface area is 162 Å². The lowest BCUT2D eigenvalue weighted by Gasteiger charge is -2.32. The van der Waals surface area contributed by atoms with Crippen LogP contribution in [-0.4, -0.2) is 51.0 Å². The Hall–Kier alpha value is -1.44. The Morgan fingerprint density at radius 1 is 1.19 bits per heavy atom. The van der Waals surface area contributed by atoms with Crippen LogP contribution in [-0.2, 0) is 19.6 Å². The Morgan fingerprint density at radius 3 is 2.52 bits per heavy atom. The van der Waals surface area contributed by atoms with Crippen LogP contribution in [0.2, 0.25) is 0 Å². The van der Waals surface area contributed by atoms with Crippen LogP contribution in [0, 0.1) is 26.7 Å². The number of ether oxygens (including phenoxy) is 1. The summed E-state index contributed by atoms with van der Waals surface area (Å²) >= 11 is 0. The van der Waals surface area contributed by atoms with Gasteiger partial charge in [-0.15, -0.1) is 0 Å². The SMILES string of the molecule is Cc1cc(C)c(S(=O)(=O)N2CCC[C@H](C(=O)NC[C@H]3CCCO3)C2)c(C)c1. The van der Waals surface area contributed by atoms with Gasteiger partial charge in [0, 0.05) is 26.2 Å². The predicted molar refractivity (Wildman–Crippen MR) is 104 cm³/mol. The summed E-state index contributed by atoms with van der Waals surface area (Å²) in [6.45, 7) is 7.61. The van der Waals surface area contributed by atoms with E-state index in [1.165, 1.54) is 4.31 Å². The molecule has 1 amide bonds. The number of piperidine rings is 1. The van der Waals surface area contributed by atoms with E-state index >= 15 is 0 Å². The molecule has 7 heteroatoms. The van der Waals surface area contributed by atoms with Crippen LogP contribution in [0.1, 0.15) is 42.4 Å². The van der Waals surface area contributed by atoms with Crippen molar-refractivity contribution in [3.05, 3.63) is 28.8 Å². The van der Waals surface area contributed by atoms with Gasteiger partial charge in [-0.05, 0) is 57.6 Å². The maximum absolute atomic E-state index is 13.2. The highest BCUT2D eigenvalue weighted by molar-refractivity contribution is 7.89. The molecule has 2 aliphatic rings. The van der Waals surface area contributed by atoms with Crippen LogP contribution in [0.4, 0.5) is 0 Å². The minimum atomic E-state index is -3.61. The number of nitrogens with one attached hydrogen (secondary N) is 1. The van der Waals surface area contributed by atoms with E-state index in [1.807, 2.05) is 32.9 Å². The van der Waals surface area contributed by atoms with Crippen LogP contribution in [0.3, 0.4) is 0 Å². The molecule has 2 atom stereocenters. The topological polar surface area (TPSA) is 75.7 Å². The summed E-state index contributed by atoms with van der Waals surface area (Å²) in [6.07, 6.45) is 3.51. The third kappa shape index (κ3) is 4.52. The fraction of sp³-hybridized carbons (Fsp3) is 0.650. The van der Waals surface area contributed by atoms with Gasteiger partial charge in [0.15, 0.2) is 0 Å². The number of carbonyl (C=O) groups excluding carboxylic acids is 1. The maximum atomic E-state index is 13.2. The summed E-state index contributed by atoms with van der Waals surface area (Å²) in [7, 11) is -3.61. The summed E-state index contributed by atoms with van der Waals surface area (Å²) < 4.78 is 33.5. The van der Waals surface area contributed by atoms with Crippen LogP contribution < -0.4 is 5.32 Å². The minimum absolute atomic E-state index is 0.0669. The predicted octanol–water partition coefficient (Wildman–Crippen LogP) is 2.31. The second-order valence-electron chi connectivity index (χ2n) is 7.81. The number of hydrogen-bond donors (Lipinski definition) is 1. The number of amides is 1. The van der Waals surface area contributed by atoms with Crippen molar-refractivity contribution < 1.29 is 17.9 Å². The second kappa shape index (κ2) is 8.29. The average Bonchev–Trinajstić information content (AvgIpc) is 3.12. The zero-order valence-corrected chi connectivity index (χ0v) is 17.3. The largest absolute Gasteiger partial charge is 0.376 e. The van der Waals surface area contributed by atoms with E-state index in [0.29, 0.717) is 24.4 Å². The molecule has 1 aromatic rings. The fourth-order valence-electron chi connectivity index (χ4n) is 4.24. The standard InChI is InChI=1S/C20H30N2O4S/c1-14-10-15(2)19(16(3)11-14)27(24,25)22-8-4-6-17(13-22)20(23)21-12-18-7-5-9-26-18/h10-11,17-18H,4-9,12-13H2,1-3H3,(H,21,23)/t17-,18+/m0/s1. The molecule has 150 valence electrons. The van der Waals surface area contributed by atoms with Gasteiger partial charge < -0.3 is 10.1 Å². The molecule has 0 unspecified atom stereocenters. The van der Waals surface area contributed by atoms with Crippen molar-refractivity contribution >= 4 is 15.9 Å². The number of benzene rings is 1. The van der Waals surface area contributed by atoms with Crippen molar-refractivity contribution in [1.29, 1.82) is 0 Å². The average molecular weight is 395 g/mol. The van der Waals surface area contributed by atoms with E-state index in [1.54, 1.807) is 0 Å². The van der Waals surface area contributed by atoms with Gasteiger partial charge in [-0.3, -0.25) is 4.79 Å². The molecule has 2 heterocycles. The summed E-state index contributed by atoms with van der Waals surface area (Å²) in [5.74, 6) is -0.372. The summed E-state index contributed by atoms with van der Waals surface area (Å²) in [5.41, 5.74) is 2.57. The first kappa shape index (κ1) is 20.3. The lowest BCUT2D eigenvalue weighted by atomic mass is 9.99. The zero-order valence-electron chi connectivity index (χ0n) is 16.5. The number of hydrogen-bond acceptors (Lipinski definition) is 4. The van der Waals surface area contributed by atoms with E-state index in [0.717, 1.165) is 42.6 Å². The lowest BCUT2D eigenvalue weighted by molar-refractivity contribution is -0.126. The van der Waals surface area contributed by atoms with Crippen LogP contribution in [0.25, 0.3) is 0 Å². The third-order valence-corrected chi connectivity index (χ3v) is 7.66. The first-order valence-corrected chi connectivity index (χ1v) is 11.2. The number of carbonyl (C=O) groups is 1. The molecule has 1 aromatic carbocycles. The van der Waals surface area contributed by atoms with Gasteiger partial charge >= 0.3 is 0 Å². The summed E-state index contributed by atoms with van der Waals surface area (Å²) in [6, 6.07) is 3.80. The smallest absolute Gasteiger partial charge is 0.243 e. The van der Waals surface area contributed by atoms with E-state index in [2.05, 4.69) is 5.32 Å². The van der Waals surface area contributed by atoms with E-state index in [4.69, 9.17) is 4.74 Å². The van der Waals surface area contributed by atoms with Gasteiger partial charge in [0.25, 0.3) is 0 Å². The van der Waals surface area contributed by atoms with Gasteiger partial charge in [-0.1, -0.05) is 17.7 Å². The third-order valence-electron chi connectivity index (χ3n) is 5.49. The van der Waals surface area contributed by atoms with E-state index < -0.39 is 10.0 Å². The molecule has 0 spiro atoms. The first-order valence-electron chi connectivity index (χ1n) is 9.76. The van der Waals surface area contributed by atoms with Gasteiger partial charge in [0.05, 0.1) is 16.9 Å². The zero-order chi connectivity index (χ0) is 19.6. The highest BCUT2D eigenvalue weighted by Crippen LogP contribution is 2.29. The molecule has 0 saturated carbocycles. The molecular formula is C20H30N2O4S. The maximum Gasteiger partial charge on any atom is 0.243 e. The molecule has 3 rings (SSSR count). The summed E-state index contributed by atoms with van der Waals surface area (Å²) in [5, 5.41) is 2.95. The normalized spacial score (nSPS) is 24.1. The molecular weight excluding hydrogens is 364 g/mol. The number of aryl methyl sites for hydroxylation is 3. The molecule has 0 radical (unpaired) electrons. The Kier molecular flexibility index (Phi) is 6.23. The van der Waals surface area contributed by atoms with E-state index in [9.17, 15) is 13.2 Å². The quantitative estimate of drug-likeness (QED) is 0.832. The van der Waals surface area contributed by atoms with E-state index in [-0.39, 0.29) is 24.5 Å². The van der Waals surface area contributed by atoms with Crippen molar-refractivity contribution in [3.63, 3.8) is 0 Å². The molecule has 2 saturated heterocycles. The highest BCUT2D eigenvalue weighted by atomic mass is 32.2. The minimum Gasteiger partial charge on any atom is -0.376 e. The van der Waals surface area contributed by atoms with Crippen molar-refractivity contribution in [2.24, 2.45) is 5.92 Å².